The van der Waals surface area contributed by atoms with Crippen molar-refractivity contribution >= 4 is 23.5 Å². The summed E-state index contributed by atoms with van der Waals surface area (Å²) in [6, 6.07) is 5.53. The van der Waals surface area contributed by atoms with Gasteiger partial charge >= 0.3 is 5.97 Å². The van der Waals surface area contributed by atoms with E-state index in [1.54, 1.807) is 6.07 Å². The van der Waals surface area contributed by atoms with Crippen LogP contribution in [0, 0.1) is 11.8 Å². The van der Waals surface area contributed by atoms with E-state index in [-0.39, 0.29) is 17.9 Å². The fourth-order valence-electron chi connectivity index (χ4n) is 4.08. The SMILES string of the molecule is CC(C)c1ccc(C(=O)N2CCC([C@@H]3OCCC3C(=O)O)CC2)cc1Cl. The number of carboxylic acid groups (broad SMARTS) is 1. The van der Waals surface area contributed by atoms with Crippen molar-refractivity contribution in [1.82, 2.24) is 4.90 Å². The van der Waals surface area contributed by atoms with E-state index in [2.05, 4.69) is 13.8 Å². The maximum Gasteiger partial charge on any atom is 0.309 e. The monoisotopic (exact) mass is 379 g/mol. The Morgan fingerprint density at radius 2 is 1.92 bits per heavy atom. The van der Waals surface area contributed by atoms with E-state index in [0.29, 0.717) is 42.6 Å². The molecule has 6 heteroatoms. The van der Waals surface area contributed by atoms with Crippen LogP contribution in [0.4, 0.5) is 0 Å². The first-order valence-electron chi connectivity index (χ1n) is 9.31. The molecule has 5 nitrogen and oxygen atoms in total. The summed E-state index contributed by atoms with van der Waals surface area (Å²) in [5.74, 6) is -0.677. The molecular weight excluding hydrogens is 354 g/mol. The number of amides is 1. The fourth-order valence-corrected chi connectivity index (χ4v) is 4.48. The first-order valence-corrected chi connectivity index (χ1v) is 9.69. The Balaban J connectivity index is 1.62. The predicted octanol–water partition coefficient (Wildman–Crippen LogP) is 3.81. The summed E-state index contributed by atoms with van der Waals surface area (Å²) in [6.45, 7) is 5.91. The Kier molecular flexibility index (Phi) is 5.88. The molecule has 0 bridgehead atoms. The molecule has 3 rings (SSSR count). The standard InChI is InChI=1S/C20H26ClNO4/c1-12(2)15-4-3-14(11-17(15)21)19(23)22-8-5-13(6-9-22)18-16(20(24)25)7-10-26-18/h3-4,11-13,16,18H,5-10H2,1-2H3,(H,24,25)/t16?,18-/m0/s1. The third-order valence-corrected chi connectivity index (χ3v) is 5.94. The number of carbonyl (C=O) groups is 2. The van der Waals surface area contributed by atoms with Crippen molar-refractivity contribution in [2.75, 3.05) is 19.7 Å². The zero-order valence-electron chi connectivity index (χ0n) is 15.3. The molecule has 142 valence electrons. The van der Waals surface area contributed by atoms with E-state index in [1.165, 1.54) is 0 Å². The molecule has 0 aromatic heterocycles. The second-order valence-electron chi connectivity index (χ2n) is 7.59. The van der Waals surface area contributed by atoms with Gasteiger partial charge < -0.3 is 14.7 Å². The van der Waals surface area contributed by atoms with Crippen molar-refractivity contribution in [2.45, 2.75) is 45.1 Å². The van der Waals surface area contributed by atoms with E-state index in [0.717, 1.165) is 18.4 Å². The minimum atomic E-state index is -0.772. The van der Waals surface area contributed by atoms with Gasteiger partial charge in [-0.2, -0.15) is 0 Å². The lowest BCUT2D eigenvalue weighted by Gasteiger charge is -2.35. The molecule has 2 aliphatic rings. The highest BCUT2D eigenvalue weighted by Gasteiger charge is 2.40. The van der Waals surface area contributed by atoms with Gasteiger partial charge in [0.05, 0.1) is 12.0 Å². The Labute approximate surface area is 159 Å². The van der Waals surface area contributed by atoms with Gasteiger partial charge in [0.15, 0.2) is 0 Å². The molecule has 0 aliphatic carbocycles. The Morgan fingerprint density at radius 3 is 2.50 bits per heavy atom. The average Bonchev–Trinajstić information content (AvgIpc) is 3.11. The quantitative estimate of drug-likeness (QED) is 0.863. The average molecular weight is 380 g/mol. The number of piperidine rings is 1. The lowest BCUT2D eigenvalue weighted by molar-refractivity contribution is -0.145. The number of ether oxygens (including phenoxy) is 1. The second kappa shape index (κ2) is 7.97. The number of hydrogen-bond donors (Lipinski definition) is 1. The molecule has 1 unspecified atom stereocenters. The maximum absolute atomic E-state index is 12.8. The molecule has 1 amide bonds. The summed E-state index contributed by atoms with van der Waals surface area (Å²) in [4.78, 5) is 26.0. The molecule has 0 saturated carbocycles. The van der Waals surface area contributed by atoms with Crippen LogP contribution >= 0.6 is 11.6 Å². The number of rotatable bonds is 4. The molecule has 0 spiro atoms. The Bertz CT molecular complexity index is 682. The number of carbonyl (C=O) groups excluding carboxylic acids is 1. The fraction of sp³-hybridized carbons (Fsp3) is 0.600. The molecule has 2 atom stereocenters. The number of benzene rings is 1. The Hall–Kier alpha value is -1.59. The number of carboxylic acids is 1. The number of likely N-dealkylation sites (tertiary alicyclic amines) is 1. The molecule has 1 aromatic carbocycles. The summed E-state index contributed by atoms with van der Waals surface area (Å²) in [7, 11) is 0. The van der Waals surface area contributed by atoms with E-state index in [4.69, 9.17) is 16.3 Å². The van der Waals surface area contributed by atoms with Gasteiger partial charge in [-0.15, -0.1) is 0 Å². The number of nitrogens with zero attached hydrogens (tertiary/aromatic N) is 1. The van der Waals surface area contributed by atoms with Crippen LogP contribution < -0.4 is 0 Å². The number of aliphatic carboxylic acids is 1. The van der Waals surface area contributed by atoms with E-state index < -0.39 is 11.9 Å². The lowest BCUT2D eigenvalue weighted by Crippen LogP contribution is -2.43. The molecular formula is C20H26ClNO4. The van der Waals surface area contributed by atoms with Gasteiger partial charge in [-0.25, -0.2) is 0 Å². The van der Waals surface area contributed by atoms with Crippen LogP contribution in [0.2, 0.25) is 5.02 Å². The third-order valence-electron chi connectivity index (χ3n) is 5.61. The highest BCUT2D eigenvalue weighted by Crippen LogP contribution is 2.34. The number of halogens is 1. The maximum atomic E-state index is 12.8. The summed E-state index contributed by atoms with van der Waals surface area (Å²) in [5.41, 5.74) is 1.65. The first-order chi connectivity index (χ1) is 12.4. The van der Waals surface area contributed by atoms with Crippen LogP contribution in [-0.2, 0) is 9.53 Å². The molecule has 2 fully saturated rings. The van der Waals surface area contributed by atoms with Gasteiger partial charge in [0, 0.05) is 30.3 Å². The van der Waals surface area contributed by atoms with E-state index in [1.807, 2.05) is 17.0 Å². The zero-order valence-corrected chi connectivity index (χ0v) is 16.0. The summed E-state index contributed by atoms with van der Waals surface area (Å²) in [5, 5.41) is 9.96. The van der Waals surface area contributed by atoms with Crippen LogP contribution in [0.15, 0.2) is 18.2 Å². The smallest absolute Gasteiger partial charge is 0.309 e. The highest BCUT2D eigenvalue weighted by molar-refractivity contribution is 6.31. The van der Waals surface area contributed by atoms with Crippen molar-refractivity contribution in [1.29, 1.82) is 0 Å². The molecule has 1 aromatic rings. The third kappa shape index (κ3) is 3.89. The highest BCUT2D eigenvalue weighted by atomic mass is 35.5. The van der Waals surface area contributed by atoms with Gasteiger partial charge in [0.2, 0.25) is 0 Å². The molecule has 2 aliphatic heterocycles. The van der Waals surface area contributed by atoms with Crippen molar-refractivity contribution in [3.63, 3.8) is 0 Å². The molecule has 2 heterocycles. The summed E-state index contributed by atoms with van der Waals surface area (Å²) in [6.07, 6.45) is 1.92. The van der Waals surface area contributed by atoms with Gasteiger partial charge in [0.25, 0.3) is 5.91 Å². The van der Waals surface area contributed by atoms with Gasteiger partial charge in [-0.1, -0.05) is 31.5 Å². The van der Waals surface area contributed by atoms with Crippen molar-refractivity contribution in [3.05, 3.63) is 34.3 Å². The summed E-state index contributed by atoms with van der Waals surface area (Å²) < 4.78 is 5.70. The van der Waals surface area contributed by atoms with Crippen molar-refractivity contribution in [2.24, 2.45) is 11.8 Å². The predicted molar refractivity (Wildman–Crippen MR) is 99.7 cm³/mol. The van der Waals surface area contributed by atoms with Crippen molar-refractivity contribution in [3.8, 4) is 0 Å². The minimum Gasteiger partial charge on any atom is -0.481 e. The van der Waals surface area contributed by atoms with Crippen LogP contribution in [0.25, 0.3) is 0 Å². The summed E-state index contributed by atoms with van der Waals surface area (Å²) >= 11 is 6.32. The van der Waals surface area contributed by atoms with Gasteiger partial charge in [-0.05, 0) is 48.8 Å². The normalized spacial score (nSPS) is 24.2. The zero-order chi connectivity index (χ0) is 18.8. The Morgan fingerprint density at radius 1 is 1.23 bits per heavy atom. The minimum absolute atomic E-state index is 0.0113. The van der Waals surface area contributed by atoms with Crippen LogP contribution in [-0.4, -0.2) is 47.7 Å². The van der Waals surface area contributed by atoms with Gasteiger partial charge in [-0.3, -0.25) is 9.59 Å². The first kappa shape index (κ1) is 19.2. The van der Waals surface area contributed by atoms with Gasteiger partial charge in [0.1, 0.15) is 0 Å². The molecule has 0 radical (unpaired) electrons. The van der Waals surface area contributed by atoms with E-state index >= 15 is 0 Å². The number of hydrogen-bond acceptors (Lipinski definition) is 3. The molecule has 1 N–H and O–H groups in total. The van der Waals surface area contributed by atoms with Crippen LogP contribution in [0.1, 0.15) is 54.9 Å². The van der Waals surface area contributed by atoms with Crippen molar-refractivity contribution < 1.29 is 19.4 Å². The van der Waals surface area contributed by atoms with Crippen LogP contribution in [0.3, 0.4) is 0 Å². The lowest BCUT2D eigenvalue weighted by atomic mass is 9.84. The van der Waals surface area contributed by atoms with Crippen LogP contribution in [0.5, 0.6) is 0 Å². The second-order valence-corrected chi connectivity index (χ2v) is 8.00. The topological polar surface area (TPSA) is 66.8 Å². The van der Waals surface area contributed by atoms with E-state index in [9.17, 15) is 14.7 Å². The largest absolute Gasteiger partial charge is 0.481 e. The molecule has 2 saturated heterocycles. The molecule has 26 heavy (non-hydrogen) atoms.